The number of hydrogen-bond donors (Lipinski definition) is 0. The summed E-state index contributed by atoms with van der Waals surface area (Å²) >= 11 is 0. The van der Waals surface area contributed by atoms with Gasteiger partial charge in [0.2, 0.25) is 0 Å². The van der Waals surface area contributed by atoms with Crippen LogP contribution in [0.5, 0.6) is 0 Å². The third-order valence-corrected chi connectivity index (χ3v) is 12.2. The minimum absolute atomic E-state index is 1.09. The van der Waals surface area contributed by atoms with Crippen LogP contribution >= 0.6 is 0 Å². The molecule has 11 rings (SSSR count). The van der Waals surface area contributed by atoms with Crippen molar-refractivity contribution in [2.75, 3.05) is 9.80 Å². The largest absolute Gasteiger partial charge is 0.310 e. The van der Waals surface area contributed by atoms with E-state index in [0.717, 1.165) is 45.3 Å². The Morgan fingerprint density at radius 2 is 0.516 bits per heavy atom. The minimum Gasteiger partial charge on any atom is -0.310 e. The highest BCUT2D eigenvalue weighted by atomic mass is 15.1. The maximum atomic E-state index is 2.38. The minimum atomic E-state index is 1.09. The molecule has 2 heteroatoms. The van der Waals surface area contributed by atoms with E-state index in [9.17, 15) is 0 Å². The molecule has 11 aromatic carbocycles. The quantitative estimate of drug-likeness (QED) is 0.136. The Bertz CT molecular complexity index is 3280. The van der Waals surface area contributed by atoms with Gasteiger partial charge in [0.15, 0.2) is 0 Å². The fourth-order valence-corrected chi connectivity index (χ4v) is 9.04. The lowest BCUT2D eigenvalue weighted by Crippen LogP contribution is -2.11. The molecule has 0 aromatic heterocycles. The molecule has 0 saturated heterocycles. The SMILES string of the molecule is c1ccc(-c2ccc(N(c3ccc(-c4ccccc4-c4ccc(N(c5ccc6ccccc6c5)c5ccc6ccccc6c5)cc4)cc3)c3ccccc3-c3ccccc3)cc2)cc1. The van der Waals surface area contributed by atoms with Gasteiger partial charge in [0.1, 0.15) is 0 Å². The van der Waals surface area contributed by atoms with Gasteiger partial charge in [-0.15, -0.1) is 0 Å². The molecule has 0 amide bonds. The van der Waals surface area contributed by atoms with Gasteiger partial charge in [0.05, 0.1) is 5.69 Å². The van der Waals surface area contributed by atoms with E-state index in [0.29, 0.717) is 0 Å². The van der Waals surface area contributed by atoms with Crippen LogP contribution in [0.1, 0.15) is 0 Å². The summed E-state index contributed by atoms with van der Waals surface area (Å²) in [6.45, 7) is 0. The Morgan fingerprint density at radius 3 is 1.02 bits per heavy atom. The van der Waals surface area contributed by atoms with Gasteiger partial charge in [0, 0.05) is 34.0 Å². The molecule has 0 aliphatic rings. The van der Waals surface area contributed by atoms with Crippen LogP contribution in [0.4, 0.5) is 34.1 Å². The molecule has 0 spiro atoms. The van der Waals surface area contributed by atoms with Crippen LogP contribution in [0, 0.1) is 0 Å². The summed E-state index contributed by atoms with van der Waals surface area (Å²) < 4.78 is 0. The van der Waals surface area contributed by atoms with Gasteiger partial charge in [-0.05, 0) is 127 Å². The zero-order valence-electron chi connectivity index (χ0n) is 35.3. The predicted molar refractivity (Wildman–Crippen MR) is 273 cm³/mol. The Kier molecular flexibility index (Phi) is 10.3. The first-order valence-electron chi connectivity index (χ1n) is 21.9. The van der Waals surface area contributed by atoms with E-state index in [4.69, 9.17) is 0 Å². The first kappa shape index (κ1) is 38.5. The molecule has 0 bridgehead atoms. The van der Waals surface area contributed by atoms with Crippen LogP contribution in [0.3, 0.4) is 0 Å². The lowest BCUT2D eigenvalue weighted by molar-refractivity contribution is 1.28. The van der Waals surface area contributed by atoms with E-state index >= 15 is 0 Å². The predicted octanol–water partition coefficient (Wildman–Crippen LogP) is 17.6. The molecule has 0 aliphatic heterocycles. The molecule has 2 nitrogen and oxygen atoms in total. The van der Waals surface area contributed by atoms with Crippen molar-refractivity contribution in [3.05, 3.63) is 267 Å². The van der Waals surface area contributed by atoms with Crippen LogP contribution in [0.2, 0.25) is 0 Å². The fraction of sp³-hybridized carbons (Fsp3) is 0. The summed E-state index contributed by atoms with van der Waals surface area (Å²) in [6.07, 6.45) is 0. The highest BCUT2D eigenvalue weighted by Crippen LogP contribution is 2.43. The lowest BCUT2D eigenvalue weighted by atomic mass is 9.94. The average molecular weight is 817 g/mol. The Balaban J connectivity index is 0.954. The maximum absolute atomic E-state index is 2.38. The van der Waals surface area contributed by atoms with Crippen LogP contribution in [0.15, 0.2) is 267 Å². The van der Waals surface area contributed by atoms with Gasteiger partial charge in [-0.2, -0.15) is 0 Å². The second kappa shape index (κ2) is 17.1. The number of para-hydroxylation sites is 1. The first-order valence-corrected chi connectivity index (χ1v) is 21.9. The van der Waals surface area contributed by atoms with Crippen LogP contribution in [-0.4, -0.2) is 0 Å². The number of benzene rings is 11. The molecule has 64 heavy (non-hydrogen) atoms. The highest BCUT2D eigenvalue weighted by Gasteiger charge is 2.19. The molecule has 0 fully saturated rings. The Hall–Kier alpha value is -8.46. The molecule has 302 valence electrons. The molecule has 0 radical (unpaired) electrons. The summed E-state index contributed by atoms with van der Waals surface area (Å²) in [7, 11) is 0. The van der Waals surface area contributed by atoms with Crippen LogP contribution in [0.25, 0.3) is 66.1 Å². The van der Waals surface area contributed by atoms with Crippen molar-refractivity contribution in [2.24, 2.45) is 0 Å². The zero-order chi connectivity index (χ0) is 42.7. The van der Waals surface area contributed by atoms with Crippen molar-refractivity contribution in [2.45, 2.75) is 0 Å². The van der Waals surface area contributed by atoms with Gasteiger partial charge < -0.3 is 9.80 Å². The van der Waals surface area contributed by atoms with Crippen molar-refractivity contribution in [1.29, 1.82) is 0 Å². The van der Waals surface area contributed by atoms with E-state index < -0.39 is 0 Å². The van der Waals surface area contributed by atoms with Gasteiger partial charge in [-0.25, -0.2) is 0 Å². The summed E-state index contributed by atoms with van der Waals surface area (Å²) in [5, 5.41) is 4.89. The van der Waals surface area contributed by atoms with Gasteiger partial charge in [-0.3, -0.25) is 0 Å². The molecule has 0 aliphatic carbocycles. The van der Waals surface area contributed by atoms with Gasteiger partial charge in [0.25, 0.3) is 0 Å². The fourth-order valence-electron chi connectivity index (χ4n) is 9.04. The smallest absolute Gasteiger partial charge is 0.0540 e. The molecule has 0 N–H and O–H groups in total. The van der Waals surface area contributed by atoms with E-state index in [1.807, 2.05) is 0 Å². The maximum Gasteiger partial charge on any atom is 0.0540 e. The van der Waals surface area contributed by atoms with E-state index in [1.165, 1.54) is 54.9 Å². The third-order valence-electron chi connectivity index (χ3n) is 12.2. The molecule has 11 aromatic rings. The van der Waals surface area contributed by atoms with E-state index in [2.05, 4.69) is 277 Å². The Labute approximate surface area is 375 Å². The molecule has 0 atom stereocenters. The number of nitrogens with zero attached hydrogens (tertiary/aromatic N) is 2. The standard InChI is InChI=1S/C62H44N2/c1-3-15-45(16-4-1)48-27-35-55(36-28-48)64(62-26-14-13-25-61(62)49-19-5-2-6-20-49)56-39-33-51(34-40-56)60-24-12-11-23-59(60)50-31-37-54(38-32-50)63(57-41-29-46-17-7-9-21-52(46)43-57)58-42-30-47-18-8-10-22-53(47)44-58/h1-44H. The van der Waals surface area contributed by atoms with Crippen molar-refractivity contribution < 1.29 is 0 Å². The molecule has 0 heterocycles. The van der Waals surface area contributed by atoms with Crippen molar-refractivity contribution in [1.82, 2.24) is 0 Å². The molecular formula is C62H44N2. The van der Waals surface area contributed by atoms with Gasteiger partial charge in [-0.1, -0.05) is 200 Å². The van der Waals surface area contributed by atoms with Crippen molar-refractivity contribution in [3.8, 4) is 44.5 Å². The van der Waals surface area contributed by atoms with Gasteiger partial charge >= 0.3 is 0 Å². The van der Waals surface area contributed by atoms with Crippen LogP contribution in [-0.2, 0) is 0 Å². The number of rotatable bonds is 10. The molecular weight excluding hydrogens is 773 g/mol. The summed E-state index contributed by atoms with van der Waals surface area (Å²) in [5.74, 6) is 0. The second-order valence-corrected chi connectivity index (χ2v) is 16.2. The summed E-state index contributed by atoms with van der Waals surface area (Å²) in [6, 6.07) is 96.3. The van der Waals surface area contributed by atoms with E-state index in [-0.39, 0.29) is 0 Å². The summed E-state index contributed by atoms with van der Waals surface area (Å²) in [5.41, 5.74) is 16.1. The third kappa shape index (κ3) is 7.59. The monoisotopic (exact) mass is 816 g/mol. The van der Waals surface area contributed by atoms with E-state index in [1.54, 1.807) is 0 Å². The average Bonchev–Trinajstić information content (AvgIpc) is 3.38. The van der Waals surface area contributed by atoms with Crippen LogP contribution < -0.4 is 9.80 Å². The normalized spacial score (nSPS) is 11.1. The van der Waals surface area contributed by atoms with Crippen molar-refractivity contribution in [3.63, 3.8) is 0 Å². The topological polar surface area (TPSA) is 6.48 Å². The number of fused-ring (bicyclic) bond motifs is 2. The molecule has 0 saturated carbocycles. The Morgan fingerprint density at radius 1 is 0.188 bits per heavy atom. The zero-order valence-corrected chi connectivity index (χ0v) is 35.3. The first-order chi connectivity index (χ1) is 31.7. The molecule has 0 unspecified atom stereocenters. The number of hydrogen-bond acceptors (Lipinski definition) is 2. The summed E-state index contributed by atoms with van der Waals surface area (Å²) in [4.78, 5) is 4.74. The highest BCUT2D eigenvalue weighted by molar-refractivity contribution is 5.94. The number of anilines is 6. The second-order valence-electron chi connectivity index (χ2n) is 16.2. The lowest BCUT2D eigenvalue weighted by Gasteiger charge is -2.28. The van der Waals surface area contributed by atoms with Crippen molar-refractivity contribution >= 4 is 55.7 Å².